The molecule has 0 amide bonds. The molecule has 2 nitrogen and oxygen atoms in total. The first-order valence-electron chi connectivity index (χ1n) is 5.67. The first-order valence-corrected chi connectivity index (χ1v) is 5.67. The predicted octanol–water partition coefficient (Wildman–Crippen LogP) is 2.47. The summed E-state index contributed by atoms with van der Waals surface area (Å²) in [6, 6.07) is 6.36. The summed E-state index contributed by atoms with van der Waals surface area (Å²) in [5.74, 6) is 1.67. The van der Waals surface area contributed by atoms with Gasteiger partial charge in [-0.05, 0) is 49.4 Å². The summed E-state index contributed by atoms with van der Waals surface area (Å²) in [4.78, 5) is 0. The standard InChI is InChI=1S/C13H19NO/c1-10-12(6-3-7-13(10)15-2)11-5-4-8-14-9-11/h3,6-7,11,14H,4-5,8-9H2,1-2H3. The maximum Gasteiger partial charge on any atom is 0.122 e. The zero-order chi connectivity index (χ0) is 10.7. The van der Waals surface area contributed by atoms with Gasteiger partial charge in [-0.2, -0.15) is 0 Å². The molecule has 0 aromatic heterocycles. The van der Waals surface area contributed by atoms with Crippen molar-refractivity contribution < 1.29 is 4.74 Å². The van der Waals surface area contributed by atoms with Gasteiger partial charge in [0, 0.05) is 6.54 Å². The molecule has 15 heavy (non-hydrogen) atoms. The lowest BCUT2D eigenvalue weighted by molar-refractivity contribution is 0.407. The molecule has 0 saturated carbocycles. The Bertz CT molecular complexity index is 329. The molecule has 2 rings (SSSR count). The van der Waals surface area contributed by atoms with Gasteiger partial charge in [-0.1, -0.05) is 12.1 Å². The van der Waals surface area contributed by atoms with Gasteiger partial charge >= 0.3 is 0 Å². The smallest absolute Gasteiger partial charge is 0.122 e. The van der Waals surface area contributed by atoms with E-state index in [1.54, 1.807) is 7.11 Å². The number of methoxy groups -OCH3 is 1. The van der Waals surface area contributed by atoms with E-state index in [-0.39, 0.29) is 0 Å². The summed E-state index contributed by atoms with van der Waals surface area (Å²) >= 11 is 0. The average Bonchev–Trinajstić information content (AvgIpc) is 2.30. The van der Waals surface area contributed by atoms with Gasteiger partial charge in [-0.15, -0.1) is 0 Å². The molecule has 0 bridgehead atoms. The molecule has 0 spiro atoms. The maximum absolute atomic E-state index is 5.36. The Morgan fingerprint density at radius 2 is 2.27 bits per heavy atom. The molecule has 1 atom stereocenters. The molecule has 1 aromatic rings. The average molecular weight is 205 g/mol. The van der Waals surface area contributed by atoms with Crippen LogP contribution in [0.25, 0.3) is 0 Å². The lowest BCUT2D eigenvalue weighted by atomic mass is 9.88. The Morgan fingerprint density at radius 3 is 2.93 bits per heavy atom. The van der Waals surface area contributed by atoms with E-state index in [0.717, 1.165) is 12.3 Å². The highest BCUT2D eigenvalue weighted by molar-refractivity contribution is 5.41. The van der Waals surface area contributed by atoms with E-state index in [2.05, 4.69) is 24.4 Å². The summed E-state index contributed by atoms with van der Waals surface area (Å²) in [5, 5.41) is 3.46. The van der Waals surface area contributed by atoms with Crippen LogP contribution in [0, 0.1) is 6.92 Å². The predicted molar refractivity (Wildman–Crippen MR) is 62.6 cm³/mol. The maximum atomic E-state index is 5.36. The van der Waals surface area contributed by atoms with Crippen molar-refractivity contribution in [2.24, 2.45) is 0 Å². The minimum atomic E-state index is 0.661. The third kappa shape index (κ3) is 2.15. The van der Waals surface area contributed by atoms with E-state index in [4.69, 9.17) is 4.74 Å². The molecule has 1 heterocycles. The van der Waals surface area contributed by atoms with Crippen LogP contribution in [0.3, 0.4) is 0 Å². The third-order valence-electron chi connectivity index (χ3n) is 3.28. The monoisotopic (exact) mass is 205 g/mol. The normalized spacial score (nSPS) is 21.3. The lowest BCUT2D eigenvalue weighted by Gasteiger charge is -2.25. The van der Waals surface area contributed by atoms with Gasteiger partial charge in [-0.25, -0.2) is 0 Å². The van der Waals surface area contributed by atoms with Crippen molar-refractivity contribution in [3.63, 3.8) is 0 Å². The van der Waals surface area contributed by atoms with Gasteiger partial charge in [0.25, 0.3) is 0 Å². The second-order valence-corrected chi connectivity index (χ2v) is 4.22. The molecular weight excluding hydrogens is 186 g/mol. The van der Waals surface area contributed by atoms with E-state index >= 15 is 0 Å². The van der Waals surface area contributed by atoms with Crippen LogP contribution < -0.4 is 10.1 Å². The molecule has 1 aromatic carbocycles. The van der Waals surface area contributed by atoms with Crippen LogP contribution in [0.5, 0.6) is 5.75 Å². The summed E-state index contributed by atoms with van der Waals surface area (Å²) < 4.78 is 5.36. The van der Waals surface area contributed by atoms with E-state index in [1.807, 2.05) is 6.07 Å². The van der Waals surface area contributed by atoms with E-state index in [9.17, 15) is 0 Å². The van der Waals surface area contributed by atoms with Crippen molar-refractivity contribution >= 4 is 0 Å². The van der Waals surface area contributed by atoms with Crippen LogP contribution in [0.2, 0.25) is 0 Å². The van der Waals surface area contributed by atoms with Crippen LogP contribution in [0.1, 0.15) is 29.9 Å². The molecule has 1 aliphatic heterocycles. The molecule has 1 unspecified atom stereocenters. The molecular formula is C13H19NO. The highest BCUT2D eigenvalue weighted by Gasteiger charge is 2.17. The first-order chi connectivity index (χ1) is 7.33. The molecule has 0 aliphatic carbocycles. The number of piperidine rings is 1. The van der Waals surface area contributed by atoms with Gasteiger partial charge in [-0.3, -0.25) is 0 Å². The quantitative estimate of drug-likeness (QED) is 0.801. The van der Waals surface area contributed by atoms with Gasteiger partial charge in [0.2, 0.25) is 0 Å². The summed E-state index contributed by atoms with van der Waals surface area (Å²) in [6.45, 7) is 4.43. The Morgan fingerprint density at radius 1 is 1.40 bits per heavy atom. The molecule has 1 saturated heterocycles. The zero-order valence-electron chi connectivity index (χ0n) is 9.55. The van der Waals surface area contributed by atoms with Gasteiger partial charge in [0.1, 0.15) is 5.75 Å². The molecule has 82 valence electrons. The highest BCUT2D eigenvalue weighted by Crippen LogP contribution is 2.30. The van der Waals surface area contributed by atoms with Crippen molar-refractivity contribution in [2.45, 2.75) is 25.7 Å². The lowest BCUT2D eigenvalue weighted by Crippen LogP contribution is -2.28. The Kier molecular flexibility index (Phi) is 3.27. The Labute approximate surface area is 91.6 Å². The molecule has 1 fully saturated rings. The molecule has 0 radical (unpaired) electrons. The van der Waals surface area contributed by atoms with Crippen LogP contribution >= 0.6 is 0 Å². The number of rotatable bonds is 2. The van der Waals surface area contributed by atoms with Crippen molar-refractivity contribution in [1.29, 1.82) is 0 Å². The fourth-order valence-electron chi connectivity index (χ4n) is 2.41. The number of benzene rings is 1. The Balaban J connectivity index is 2.26. The summed E-state index contributed by atoms with van der Waals surface area (Å²) in [7, 11) is 1.74. The van der Waals surface area contributed by atoms with Crippen LogP contribution in [0.4, 0.5) is 0 Å². The van der Waals surface area contributed by atoms with Crippen LogP contribution in [0.15, 0.2) is 18.2 Å². The van der Waals surface area contributed by atoms with Gasteiger partial charge in [0.05, 0.1) is 7.11 Å². The van der Waals surface area contributed by atoms with Gasteiger partial charge < -0.3 is 10.1 Å². The second-order valence-electron chi connectivity index (χ2n) is 4.22. The van der Waals surface area contributed by atoms with E-state index < -0.39 is 0 Å². The van der Waals surface area contributed by atoms with E-state index in [0.29, 0.717) is 5.92 Å². The molecule has 1 aliphatic rings. The van der Waals surface area contributed by atoms with Crippen LogP contribution in [-0.4, -0.2) is 20.2 Å². The summed E-state index contributed by atoms with van der Waals surface area (Å²) in [6.07, 6.45) is 2.57. The SMILES string of the molecule is COc1cccc(C2CCCNC2)c1C. The van der Waals surface area contributed by atoms with Crippen molar-refractivity contribution in [1.82, 2.24) is 5.32 Å². The fraction of sp³-hybridized carbons (Fsp3) is 0.538. The highest BCUT2D eigenvalue weighted by atomic mass is 16.5. The van der Waals surface area contributed by atoms with Crippen molar-refractivity contribution in [2.75, 3.05) is 20.2 Å². The second kappa shape index (κ2) is 4.67. The number of nitrogens with one attached hydrogen (secondary N) is 1. The zero-order valence-corrected chi connectivity index (χ0v) is 9.55. The fourth-order valence-corrected chi connectivity index (χ4v) is 2.41. The number of ether oxygens (including phenoxy) is 1. The molecule has 2 heteroatoms. The third-order valence-corrected chi connectivity index (χ3v) is 3.28. The van der Waals surface area contributed by atoms with Crippen LogP contribution in [-0.2, 0) is 0 Å². The topological polar surface area (TPSA) is 21.3 Å². The Hall–Kier alpha value is -1.02. The molecule has 1 N–H and O–H groups in total. The minimum Gasteiger partial charge on any atom is -0.496 e. The van der Waals surface area contributed by atoms with Crippen molar-refractivity contribution in [3.05, 3.63) is 29.3 Å². The van der Waals surface area contributed by atoms with Gasteiger partial charge in [0.15, 0.2) is 0 Å². The van der Waals surface area contributed by atoms with Crippen molar-refractivity contribution in [3.8, 4) is 5.75 Å². The first kappa shape index (κ1) is 10.5. The summed E-state index contributed by atoms with van der Waals surface area (Å²) in [5.41, 5.74) is 2.75. The number of hydrogen-bond donors (Lipinski definition) is 1. The largest absolute Gasteiger partial charge is 0.496 e. The van der Waals surface area contributed by atoms with E-state index in [1.165, 1.54) is 30.5 Å². The number of hydrogen-bond acceptors (Lipinski definition) is 2. The minimum absolute atomic E-state index is 0.661.